The van der Waals surface area contributed by atoms with E-state index in [0.29, 0.717) is 6.54 Å². The monoisotopic (exact) mass is 309 g/mol. The minimum absolute atomic E-state index is 0.249. The number of carbonyl (C=O) groups excluding carboxylic acids is 1. The Kier molecular flexibility index (Phi) is 4.16. The number of thiazole rings is 1. The Morgan fingerprint density at radius 1 is 1.23 bits per heavy atom. The molecule has 3 rings (SSSR count). The molecule has 1 aromatic heterocycles. The summed E-state index contributed by atoms with van der Waals surface area (Å²) < 4.78 is 1.15. The second kappa shape index (κ2) is 6.41. The second-order valence-corrected chi connectivity index (χ2v) is 5.72. The van der Waals surface area contributed by atoms with Gasteiger partial charge in [0.2, 0.25) is 0 Å². The van der Waals surface area contributed by atoms with E-state index in [2.05, 4.69) is 28.3 Å². The Morgan fingerprint density at radius 2 is 2.09 bits per heavy atom. The van der Waals surface area contributed by atoms with Crippen LogP contribution in [0.25, 0.3) is 20.8 Å². The summed E-state index contributed by atoms with van der Waals surface area (Å²) in [5.74, 6) is 0. The molecule has 4 nitrogen and oxygen atoms in total. The van der Waals surface area contributed by atoms with E-state index < -0.39 is 0 Å². The van der Waals surface area contributed by atoms with E-state index in [-0.39, 0.29) is 6.03 Å². The number of hydrogen-bond donors (Lipinski definition) is 2. The highest BCUT2D eigenvalue weighted by molar-refractivity contribution is 7.21. The van der Waals surface area contributed by atoms with Crippen molar-refractivity contribution in [1.29, 1.82) is 0 Å². The van der Waals surface area contributed by atoms with Gasteiger partial charge in [0.1, 0.15) is 5.01 Å². The van der Waals surface area contributed by atoms with Crippen molar-refractivity contribution >= 4 is 33.3 Å². The molecule has 0 spiro atoms. The number of benzene rings is 2. The normalized spacial score (nSPS) is 10.4. The lowest BCUT2D eigenvalue weighted by molar-refractivity contribution is 0.253. The van der Waals surface area contributed by atoms with Gasteiger partial charge in [0.15, 0.2) is 0 Å². The van der Waals surface area contributed by atoms with Crippen LogP contribution >= 0.6 is 11.3 Å². The lowest BCUT2D eigenvalue weighted by atomic mass is 10.2. The lowest BCUT2D eigenvalue weighted by Gasteiger charge is -2.06. The highest BCUT2D eigenvalue weighted by atomic mass is 32.1. The predicted molar refractivity (Wildman–Crippen MR) is 92.3 cm³/mol. The third-order valence-corrected chi connectivity index (χ3v) is 4.15. The Hall–Kier alpha value is -2.66. The number of para-hydroxylation sites is 1. The SMILES string of the molecule is C=CCNC(=O)Nc1cccc(-c2nc3ccccc3s2)c1. The fourth-order valence-corrected chi connectivity index (χ4v) is 3.03. The summed E-state index contributed by atoms with van der Waals surface area (Å²) in [5, 5.41) is 6.42. The van der Waals surface area contributed by atoms with Crippen LogP contribution in [0, 0.1) is 0 Å². The summed E-state index contributed by atoms with van der Waals surface area (Å²) in [7, 11) is 0. The molecule has 3 aromatic rings. The second-order valence-electron chi connectivity index (χ2n) is 4.69. The first kappa shape index (κ1) is 14.3. The number of urea groups is 1. The average Bonchev–Trinajstić information content (AvgIpc) is 2.97. The molecule has 0 aliphatic rings. The van der Waals surface area contributed by atoms with Crippen LogP contribution in [0.1, 0.15) is 0 Å². The summed E-state index contributed by atoms with van der Waals surface area (Å²) >= 11 is 1.64. The number of nitrogens with zero attached hydrogens (tertiary/aromatic N) is 1. The van der Waals surface area contributed by atoms with Crippen molar-refractivity contribution in [3.8, 4) is 10.6 Å². The summed E-state index contributed by atoms with van der Waals surface area (Å²) in [6.07, 6.45) is 1.64. The fraction of sp³-hybridized carbons (Fsp3) is 0.0588. The first-order valence-electron chi connectivity index (χ1n) is 6.88. The fourth-order valence-electron chi connectivity index (χ4n) is 2.07. The van der Waals surface area contributed by atoms with Gasteiger partial charge in [-0.25, -0.2) is 9.78 Å². The van der Waals surface area contributed by atoms with Crippen LogP contribution < -0.4 is 10.6 Å². The zero-order valence-corrected chi connectivity index (χ0v) is 12.7. The smallest absolute Gasteiger partial charge is 0.319 e. The zero-order valence-electron chi connectivity index (χ0n) is 11.9. The third-order valence-electron chi connectivity index (χ3n) is 3.07. The van der Waals surface area contributed by atoms with Gasteiger partial charge in [0, 0.05) is 17.8 Å². The van der Waals surface area contributed by atoms with Crippen LogP contribution in [-0.2, 0) is 0 Å². The molecule has 0 fully saturated rings. The van der Waals surface area contributed by atoms with Crippen LogP contribution in [-0.4, -0.2) is 17.6 Å². The van der Waals surface area contributed by atoms with Gasteiger partial charge in [-0.1, -0.05) is 30.3 Å². The molecular formula is C17H15N3OS. The number of amides is 2. The number of fused-ring (bicyclic) bond motifs is 1. The third kappa shape index (κ3) is 3.15. The lowest BCUT2D eigenvalue weighted by Crippen LogP contribution is -2.28. The Balaban J connectivity index is 1.84. The van der Waals surface area contributed by atoms with E-state index in [0.717, 1.165) is 26.5 Å². The molecule has 0 saturated heterocycles. The van der Waals surface area contributed by atoms with Gasteiger partial charge in [0.05, 0.1) is 10.2 Å². The van der Waals surface area contributed by atoms with Gasteiger partial charge in [0.25, 0.3) is 0 Å². The Morgan fingerprint density at radius 3 is 2.91 bits per heavy atom. The molecule has 5 heteroatoms. The van der Waals surface area contributed by atoms with Crippen molar-refractivity contribution in [2.75, 3.05) is 11.9 Å². The first-order valence-corrected chi connectivity index (χ1v) is 7.69. The number of anilines is 1. The van der Waals surface area contributed by atoms with Gasteiger partial charge >= 0.3 is 6.03 Å². The van der Waals surface area contributed by atoms with E-state index in [1.54, 1.807) is 17.4 Å². The van der Waals surface area contributed by atoms with E-state index >= 15 is 0 Å². The van der Waals surface area contributed by atoms with E-state index in [9.17, 15) is 4.79 Å². The molecule has 1 heterocycles. The molecule has 0 saturated carbocycles. The van der Waals surface area contributed by atoms with Gasteiger partial charge in [-0.05, 0) is 24.3 Å². The largest absolute Gasteiger partial charge is 0.334 e. The minimum atomic E-state index is -0.249. The molecule has 0 unspecified atom stereocenters. The maximum absolute atomic E-state index is 11.7. The number of carbonyl (C=O) groups is 1. The van der Waals surface area contributed by atoms with Gasteiger partial charge in [-0.3, -0.25) is 0 Å². The highest BCUT2D eigenvalue weighted by Gasteiger charge is 2.07. The first-order chi connectivity index (χ1) is 10.8. The van der Waals surface area contributed by atoms with E-state index in [4.69, 9.17) is 0 Å². The van der Waals surface area contributed by atoms with Gasteiger partial charge in [-0.2, -0.15) is 0 Å². The molecule has 2 aromatic carbocycles. The van der Waals surface area contributed by atoms with Crippen molar-refractivity contribution in [3.05, 3.63) is 61.2 Å². The molecule has 110 valence electrons. The molecule has 22 heavy (non-hydrogen) atoms. The average molecular weight is 309 g/mol. The maximum atomic E-state index is 11.7. The topological polar surface area (TPSA) is 54.0 Å². The molecule has 2 N–H and O–H groups in total. The Bertz CT molecular complexity index is 792. The number of rotatable bonds is 4. The van der Waals surface area contributed by atoms with Crippen LogP contribution in [0.5, 0.6) is 0 Å². The molecule has 0 aliphatic carbocycles. The van der Waals surface area contributed by atoms with Crippen molar-refractivity contribution in [1.82, 2.24) is 10.3 Å². The van der Waals surface area contributed by atoms with Crippen molar-refractivity contribution in [3.63, 3.8) is 0 Å². The zero-order chi connectivity index (χ0) is 15.4. The molecule has 0 radical (unpaired) electrons. The summed E-state index contributed by atoms with van der Waals surface area (Å²) in [6.45, 7) is 4.00. The highest BCUT2D eigenvalue weighted by Crippen LogP contribution is 2.31. The minimum Gasteiger partial charge on any atom is -0.334 e. The van der Waals surface area contributed by atoms with Gasteiger partial charge < -0.3 is 10.6 Å². The summed E-state index contributed by atoms with van der Waals surface area (Å²) in [6, 6.07) is 15.5. The molecule has 0 atom stereocenters. The van der Waals surface area contributed by atoms with Crippen LogP contribution in [0.15, 0.2) is 61.2 Å². The molecule has 0 bridgehead atoms. The van der Waals surface area contributed by atoms with Crippen LogP contribution in [0.3, 0.4) is 0 Å². The van der Waals surface area contributed by atoms with Crippen LogP contribution in [0.2, 0.25) is 0 Å². The summed E-state index contributed by atoms with van der Waals surface area (Å²) in [5.41, 5.74) is 2.71. The van der Waals surface area contributed by atoms with Crippen molar-refractivity contribution < 1.29 is 4.79 Å². The van der Waals surface area contributed by atoms with E-state index in [1.807, 2.05) is 42.5 Å². The molecular weight excluding hydrogens is 294 g/mol. The number of nitrogens with one attached hydrogen (secondary N) is 2. The van der Waals surface area contributed by atoms with E-state index in [1.165, 1.54) is 0 Å². The van der Waals surface area contributed by atoms with Gasteiger partial charge in [-0.15, -0.1) is 17.9 Å². The maximum Gasteiger partial charge on any atom is 0.319 e. The van der Waals surface area contributed by atoms with Crippen molar-refractivity contribution in [2.24, 2.45) is 0 Å². The van der Waals surface area contributed by atoms with Crippen molar-refractivity contribution in [2.45, 2.75) is 0 Å². The summed E-state index contributed by atoms with van der Waals surface area (Å²) in [4.78, 5) is 16.3. The van der Waals surface area contributed by atoms with Crippen LogP contribution in [0.4, 0.5) is 10.5 Å². The number of hydrogen-bond acceptors (Lipinski definition) is 3. The number of aromatic nitrogens is 1. The quantitative estimate of drug-likeness (QED) is 0.707. The molecule has 2 amide bonds. The predicted octanol–water partition coefficient (Wildman–Crippen LogP) is 4.27. The molecule has 0 aliphatic heterocycles. The Labute approximate surface area is 132 Å². The standard InChI is InChI=1S/C17H15N3OS/c1-2-10-18-17(21)19-13-7-5-6-12(11-13)16-20-14-8-3-4-9-15(14)22-16/h2-9,11H,1,10H2,(H2,18,19,21).